The SMILES string of the molecule is CCCCCCCCCC[C-]=O.[CH2-]COCCOCCOCCOCCNC(=O)CCCCCCCCCC.[CH2-]COCCOCCOCCOCCNC(=O)CCCCCCCCCC.[Lu+3]. The third-order valence-electron chi connectivity index (χ3n) is 10.3. The second-order valence-corrected chi connectivity index (χ2v) is 16.4. The Kier molecular flexibility index (Phi) is 78.6. The molecular formula is C53H105LuN2O11. The minimum Gasteiger partial charge on any atom is -0.542 e. The zero-order chi connectivity index (χ0) is 48.8. The fourth-order valence-corrected chi connectivity index (χ4v) is 6.40. The number of carbonyl (C=O) groups excluding carboxylic acids is 3. The zero-order valence-electron chi connectivity index (χ0n) is 43.5. The van der Waals surface area contributed by atoms with Crippen molar-refractivity contribution in [2.75, 3.05) is 119 Å². The Morgan fingerprint density at radius 3 is 0.866 bits per heavy atom. The summed E-state index contributed by atoms with van der Waals surface area (Å²) in [4.78, 5) is 33.3. The molecule has 2 N–H and O–H groups in total. The summed E-state index contributed by atoms with van der Waals surface area (Å²) < 4.78 is 42.4. The van der Waals surface area contributed by atoms with E-state index in [4.69, 9.17) is 37.9 Å². The van der Waals surface area contributed by atoms with Gasteiger partial charge in [-0.3, -0.25) is 15.9 Å². The third-order valence-corrected chi connectivity index (χ3v) is 10.3. The molecule has 0 radical (unpaired) electrons. The molecule has 0 aliphatic heterocycles. The largest absolute Gasteiger partial charge is 3.00 e. The van der Waals surface area contributed by atoms with Crippen LogP contribution in [0.5, 0.6) is 0 Å². The predicted octanol–water partition coefficient (Wildman–Crippen LogP) is 10.7. The van der Waals surface area contributed by atoms with Crippen molar-refractivity contribution in [2.24, 2.45) is 0 Å². The Morgan fingerprint density at radius 2 is 0.597 bits per heavy atom. The second-order valence-electron chi connectivity index (χ2n) is 16.4. The van der Waals surface area contributed by atoms with Crippen LogP contribution in [-0.4, -0.2) is 137 Å². The van der Waals surface area contributed by atoms with Crippen LogP contribution in [0, 0.1) is 50.7 Å². The summed E-state index contributed by atoms with van der Waals surface area (Å²) in [6, 6.07) is 0. The van der Waals surface area contributed by atoms with Crippen molar-refractivity contribution in [1.29, 1.82) is 0 Å². The molecule has 0 aromatic carbocycles. The van der Waals surface area contributed by atoms with Gasteiger partial charge in [0.2, 0.25) is 11.8 Å². The van der Waals surface area contributed by atoms with Gasteiger partial charge in [0, 0.05) is 25.9 Å². The van der Waals surface area contributed by atoms with Crippen molar-refractivity contribution in [3.63, 3.8) is 0 Å². The standard InChI is InChI=1S/2C21H42NO5.C11H21O.Lu/c2*1-3-5-6-7-8-9-10-11-12-21(23)22-13-14-25-17-18-27-20-19-26-16-15-24-4-2;1-2-3-4-5-6-7-8-9-10-11-12;/h2*2-20H2,1H3,(H,22,23);2-10H2,1H3;/q3*-1;+3. The van der Waals surface area contributed by atoms with Gasteiger partial charge < -0.3 is 67.2 Å². The van der Waals surface area contributed by atoms with E-state index in [1.165, 1.54) is 122 Å². The molecule has 0 saturated heterocycles. The number of unbranched alkanes of at least 4 members (excludes halogenated alkanes) is 22. The van der Waals surface area contributed by atoms with E-state index in [0.29, 0.717) is 138 Å². The third kappa shape index (κ3) is 77.2. The molecule has 0 rings (SSSR count). The molecule has 0 bridgehead atoms. The van der Waals surface area contributed by atoms with Gasteiger partial charge in [-0.15, -0.1) is 0 Å². The molecule has 408 valence electrons. The summed E-state index contributed by atoms with van der Waals surface area (Å²) in [5.41, 5.74) is 0. The van der Waals surface area contributed by atoms with E-state index in [0.717, 1.165) is 32.1 Å². The average molecular weight is 1120 g/mol. The van der Waals surface area contributed by atoms with Crippen LogP contribution in [0.1, 0.15) is 194 Å². The molecule has 0 atom stereocenters. The van der Waals surface area contributed by atoms with Crippen molar-refractivity contribution in [2.45, 2.75) is 194 Å². The molecule has 0 spiro atoms. The van der Waals surface area contributed by atoms with E-state index in [1.807, 2.05) is 6.29 Å². The first kappa shape index (κ1) is 73.1. The molecule has 0 aromatic rings. The van der Waals surface area contributed by atoms with Gasteiger partial charge in [0.05, 0.1) is 92.5 Å². The Labute approximate surface area is 442 Å². The van der Waals surface area contributed by atoms with Crippen LogP contribution in [0.2, 0.25) is 0 Å². The molecular weight excluding hydrogens is 1020 g/mol. The predicted molar refractivity (Wildman–Crippen MR) is 271 cm³/mol. The van der Waals surface area contributed by atoms with Gasteiger partial charge in [0.25, 0.3) is 0 Å². The Bertz CT molecular complexity index is 853. The summed E-state index contributed by atoms with van der Waals surface area (Å²) in [5, 5.41) is 5.79. The average Bonchev–Trinajstić information content (AvgIpc) is 3.32. The zero-order valence-corrected chi connectivity index (χ0v) is 45.1. The Morgan fingerprint density at radius 1 is 0.358 bits per heavy atom. The van der Waals surface area contributed by atoms with Crippen LogP contribution in [-0.2, 0) is 52.3 Å². The van der Waals surface area contributed by atoms with E-state index in [1.54, 1.807) is 0 Å². The topological polar surface area (TPSA) is 149 Å². The first-order valence-electron chi connectivity index (χ1n) is 26.6. The maximum absolute atomic E-state index is 11.7. The Balaban J connectivity index is -0.000000472. The van der Waals surface area contributed by atoms with Gasteiger partial charge in [-0.25, -0.2) is 0 Å². The van der Waals surface area contributed by atoms with Crippen LogP contribution in [0.3, 0.4) is 0 Å². The number of ether oxygens (including phenoxy) is 8. The van der Waals surface area contributed by atoms with Crippen molar-refractivity contribution in [3.8, 4) is 0 Å². The summed E-state index contributed by atoms with van der Waals surface area (Å²) >= 11 is 0. The van der Waals surface area contributed by atoms with Crippen molar-refractivity contribution in [1.82, 2.24) is 10.6 Å². The monoisotopic (exact) mass is 1120 g/mol. The summed E-state index contributed by atoms with van der Waals surface area (Å²) in [6.07, 6.45) is 34.2. The molecule has 0 aliphatic rings. The summed E-state index contributed by atoms with van der Waals surface area (Å²) in [5.74, 6) is 0.252. The van der Waals surface area contributed by atoms with Gasteiger partial charge in [-0.2, -0.15) is 6.42 Å². The molecule has 0 heterocycles. The number of hydrogen-bond donors (Lipinski definition) is 2. The molecule has 14 heteroatoms. The molecule has 0 unspecified atom stereocenters. The number of hydrogen-bond acceptors (Lipinski definition) is 11. The fourth-order valence-electron chi connectivity index (χ4n) is 6.40. The van der Waals surface area contributed by atoms with Gasteiger partial charge in [-0.1, -0.05) is 175 Å². The molecule has 2 amide bonds. The van der Waals surface area contributed by atoms with Crippen LogP contribution in [0.4, 0.5) is 0 Å². The molecule has 0 saturated carbocycles. The molecule has 13 nitrogen and oxygen atoms in total. The van der Waals surface area contributed by atoms with E-state index >= 15 is 0 Å². The number of carbonyl (C=O) groups is 2. The van der Waals surface area contributed by atoms with Crippen LogP contribution < -0.4 is 10.6 Å². The van der Waals surface area contributed by atoms with E-state index in [9.17, 15) is 14.4 Å². The summed E-state index contributed by atoms with van der Waals surface area (Å²) in [7, 11) is 0. The molecule has 67 heavy (non-hydrogen) atoms. The van der Waals surface area contributed by atoms with Gasteiger partial charge in [0.15, 0.2) is 0 Å². The first-order chi connectivity index (χ1) is 32.5. The van der Waals surface area contributed by atoms with E-state index < -0.39 is 0 Å². The van der Waals surface area contributed by atoms with Crippen LogP contribution in [0.15, 0.2) is 0 Å². The molecule has 0 fully saturated rings. The van der Waals surface area contributed by atoms with Gasteiger partial charge >= 0.3 is 36.9 Å². The fraction of sp³-hybridized carbons (Fsp3) is 0.906. The molecule has 0 aromatic heterocycles. The van der Waals surface area contributed by atoms with Crippen molar-refractivity contribution >= 4 is 18.1 Å². The maximum atomic E-state index is 11.7. The number of rotatable bonds is 53. The number of nitrogens with one attached hydrogen (secondary N) is 2. The smallest absolute Gasteiger partial charge is 0.542 e. The van der Waals surface area contributed by atoms with Crippen molar-refractivity contribution in [3.05, 3.63) is 13.8 Å². The minimum atomic E-state index is 0. The van der Waals surface area contributed by atoms with Crippen molar-refractivity contribution < 1.29 is 89.2 Å². The van der Waals surface area contributed by atoms with Gasteiger partial charge in [0.1, 0.15) is 0 Å². The first-order valence-corrected chi connectivity index (χ1v) is 26.6. The second kappa shape index (κ2) is 72.1. The van der Waals surface area contributed by atoms with E-state index in [2.05, 4.69) is 45.3 Å². The van der Waals surface area contributed by atoms with Crippen LogP contribution >= 0.6 is 0 Å². The Hall–Kier alpha value is -0.476. The van der Waals surface area contributed by atoms with E-state index in [-0.39, 0.29) is 48.7 Å². The maximum Gasteiger partial charge on any atom is 3.00 e. The molecule has 0 aliphatic carbocycles. The quantitative estimate of drug-likeness (QED) is 0.0443. The minimum absolute atomic E-state index is 0. The van der Waals surface area contributed by atoms with Gasteiger partial charge in [-0.05, 0) is 12.8 Å². The normalized spacial score (nSPS) is 10.7. The summed E-state index contributed by atoms with van der Waals surface area (Å²) in [6.45, 7) is 23.5. The van der Waals surface area contributed by atoms with Crippen LogP contribution in [0.25, 0.3) is 0 Å². The number of amides is 2.